The third-order valence-corrected chi connectivity index (χ3v) is 9.48. The molecule has 0 atom stereocenters. The molecule has 0 aliphatic carbocycles. The number of carbonyl (C=O) groups is 1. The van der Waals surface area contributed by atoms with Crippen molar-refractivity contribution in [3.05, 3.63) is 144 Å². The van der Waals surface area contributed by atoms with E-state index in [0.29, 0.717) is 10.7 Å². The van der Waals surface area contributed by atoms with E-state index in [1.165, 1.54) is 24.3 Å². The number of carboxylic acid groups (broad SMARTS) is 1. The predicted molar refractivity (Wildman–Crippen MR) is 175 cm³/mol. The standard InChI is InChI=1S/C37H28F3NO6S/c38-37(39,40)47-30-10-6-9-26(21-30)23-41(24-35(42)43)48(44,45)31-19-17-28(18-20-31)27-13-15-29(16-14-27)36-32-11-4-5-12-33(32)46-34(36)22-25-7-2-1-3-8-25/h1-21H,22-24H2,(H,42,43). The largest absolute Gasteiger partial charge is 0.573 e. The fourth-order valence-corrected chi connectivity index (χ4v) is 6.92. The third-order valence-electron chi connectivity index (χ3n) is 7.68. The zero-order chi connectivity index (χ0) is 33.9. The third kappa shape index (κ3) is 7.43. The second-order valence-corrected chi connectivity index (χ2v) is 13.0. The van der Waals surface area contributed by atoms with Crippen molar-refractivity contribution in [2.75, 3.05) is 6.54 Å². The highest BCUT2D eigenvalue weighted by molar-refractivity contribution is 7.89. The average molecular weight is 672 g/mol. The smallest absolute Gasteiger partial charge is 0.480 e. The molecule has 0 bridgehead atoms. The first-order valence-corrected chi connectivity index (χ1v) is 16.2. The molecule has 0 aliphatic rings. The summed E-state index contributed by atoms with van der Waals surface area (Å²) in [5.41, 5.74) is 5.54. The van der Waals surface area contributed by atoms with Gasteiger partial charge in [-0.15, -0.1) is 13.2 Å². The summed E-state index contributed by atoms with van der Waals surface area (Å²) in [4.78, 5) is 11.4. The lowest BCUT2D eigenvalue weighted by molar-refractivity contribution is -0.274. The van der Waals surface area contributed by atoms with E-state index in [1.807, 2.05) is 66.7 Å². The Kier molecular flexibility index (Phi) is 9.07. The van der Waals surface area contributed by atoms with Gasteiger partial charge in [-0.2, -0.15) is 4.31 Å². The van der Waals surface area contributed by atoms with Crippen LogP contribution in [0.15, 0.2) is 137 Å². The summed E-state index contributed by atoms with van der Waals surface area (Å²) in [7, 11) is -4.35. The van der Waals surface area contributed by atoms with E-state index < -0.39 is 41.2 Å². The number of hydrogen-bond acceptors (Lipinski definition) is 5. The number of hydrogen-bond donors (Lipinski definition) is 1. The van der Waals surface area contributed by atoms with Crippen molar-refractivity contribution in [2.24, 2.45) is 0 Å². The Bertz CT molecular complexity index is 2160. The van der Waals surface area contributed by atoms with Crippen LogP contribution in [0.2, 0.25) is 0 Å². The molecule has 0 fully saturated rings. The Labute approximate surface area is 274 Å². The summed E-state index contributed by atoms with van der Waals surface area (Å²) < 4.78 is 76.0. The number of aliphatic carboxylic acids is 1. The second kappa shape index (κ2) is 13.4. The summed E-state index contributed by atoms with van der Waals surface area (Å²) >= 11 is 0. The van der Waals surface area contributed by atoms with E-state index >= 15 is 0 Å². The van der Waals surface area contributed by atoms with Gasteiger partial charge in [0.25, 0.3) is 0 Å². The second-order valence-electron chi connectivity index (χ2n) is 11.0. The summed E-state index contributed by atoms with van der Waals surface area (Å²) in [5, 5.41) is 10.4. The van der Waals surface area contributed by atoms with E-state index in [-0.39, 0.29) is 10.5 Å². The highest BCUT2D eigenvalue weighted by atomic mass is 32.2. The lowest BCUT2D eigenvalue weighted by Crippen LogP contribution is -2.35. The van der Waals surface area contributed by atoms with Gasteiger partial charge in [0, 0.05) is 23.9 Å². The van der Waals surface area contributed by atoms with Gasteiger partial charge < -0.3 is 14.3 Å². The fraction of sp³-hybridized carbons (Fsp3) is 0.108. The van der Waals surface area contributed by atoms with Gasteiger partial charge in [0.1, 0.15) is 23.6 Å². The molecule has 0 unspecified atom stereocenters. The first-order valence-electron chi connectivity index (χ1n) is 14.8. The normalized spacial score (nSPS) is 12.0. The van der Waals surface area contributed by atoms with Crippen LogP contribution in [0.5, 0.6) is 5.75 Å². The van der Waals surface area contributed by atoms with Crippen molar-refractivity contribution in [1.82, 2.24) is 4.31 Å². The number of carboxylic acids is 1. The average Bonchev–Trinajstić information content (AvgIpc) is 3.42. The quantitative estimate of drug-likeness (QED) is 0.148. The Balaban J connectivity index is 1.25. The van der Waals surface area contributed by atoms with Crippen LogP contribution in [0, 0.1) is 0 Å². The van der Waals surface area contributed by atoms with E-state index in [2.05, 4.69) is 16.9 Å². The minimum atomic E-state index is -4.94. The minimum Gasteiger partial charge on any atom is -0.480 e. The Morgan fingerprint density at radius 2 is 1.35 bits per heavy atom. The molecule has 0 saturated carbocycles. The number of benzene rings is 5. The van der Waals surface area contributed by atoms with Crippen LogP contribution < -0.4 is 4.74 Å². The van der Waals surface area contributed by atoms with Crippen LogP contribution in [0.3, 0.4) is 0 Å². The van der Waals surface area contributed by atoms with E-state index in [9.17, 15) is 31.5 Å². The van der Waals surface area contributed by atoms with Crippen molar-refractivity contribution >= 4 is 27.0 Å². The van der Waals surface area contributed by atoms with E-state index in [0.717, 1.165) is 56.7 Å². The number of sulfonamides is 1. The molecule has 6 aromatic rings. The molecular weight excluding hydrogens is 643 g/mol. The number of ether oxygens (including phenoxy) is 1. The van der Waals surface area contributed by atoms with Gasteiger partial charge in [0.05, 0.1) is 4.90 Å². The van der Waals surface area contributed by atoms with Gasteiger partial charge in [0.15, 0.2) is 0 Å². The molecule has 1 aromatic heterocycles. The Hall–Kier alpha value is -5.39. The molecule has 5 aromatic carbocycles. The zero-order valence-electron chi connectivity index (χ0n) is 25.2. The molecule has 0 saturated heterocycles. The van der Waals surface area contributed by atoms with Crippen molar-refractivity contribution in [1.29, 1.82) is 0 Å². The number of halogens is 3. The molecule has 244 valence electrons. The van der Waals surface area contributed by atoms with Crippen molar-refractivity contribution in [2.45, 2.75) is 24.2 Å². The molecule has 11 heteroatoms. The summed E-state index contributed by atoms with van der Waals surface area (Å²) in [6.45, 7) is -1.38. The first-order chi connectivity index (χ1) is 23.0. The highest BCUT2D eigenvalue weighted by Crippen LogP contribution is 2.37. The minimum absolute atomic E-state index is 0.121. The predicted octanol–water partition coefficient (Wildman–Crippen LogP) is 8.53. The van der Waals surface area contributed by atoms with Crippen LogP contribution in [0.25, 0.3) is 33.2 Å². The molecular formula is C37H28F3NO6S. The van der Waals surface area contributed by atoms with Crippen LogP contribution in [-0.4, -0.2) is 36.7 Å². The summed E-state index contributed by atoms with van der Waals surface area (Å²) in [5.74, 6) is -1.12. The maximum Gasteiger partial charge on any atom is 0.573 e. The van der Waals surface area contributed by atoms with Gasteiger partial charge in [-0.05, 0) is 58.1 Å². The molecule has 0 amide bonds. The maximum atomic E-state index is 13.5. The Morgan fingerprint density at radius 3 is 2.02 bits per heavy atom. The van der Waals surface area contributed by atoms with Crippen LogP contribution in [0.4, 0.5) is 13.2 Å². The maximum absolute atomic E-state index is 13.5. The number of para-hydroxylation sites is 1. The van der Waals surface area contributed by atoms with Gasteiger partial charge in [0.2, 0.25) is 10.0 Å². The number of furan rings is 1. The molecule has 0 spiro atoms. The number of fused-ring (bicyclic) bond motifs is 1. The molecule has 6 rings (SSSR count). The van der Waals surface area contributed by atoms with Gasteiger partial charge in [-0.25, -0.2) is 8.42 Å². The first kappa shape index (κ1) is 32.5. The highest BCUT2D eigenvalue weighted by Gasteiger charge is 2.32. The summed E-state index contributed by atoms with van der Waals surface area (Å²) in [6.07, 6.45) is -4.32. The molecule has 7 nitrogen and oxygen atoms in total. The van der Waals surface area contributed by atoms with Crippen molar-refractivity contribution in [3.8, 4) is 28.0 Å². The number of alkyl halides is 3. The fourth-order valence-electron chi connectivity index (χ4n) is 5.54. The van der Waals surface area contributed by atoms with Gasteiger partial charge in [-0.3, -0.25) is 4.79 Å². The number of rotatable bonds is 11. The van der Waals surface area contributed by atoms with Crippen LogP contribution in [-0.2, 0) is 27.8 Å². The molecule has 0 radical (unpaired) electrons. The van der Waals surface area contributed by atoms with Gasteiger partial charge >= 0.3 is 12.3 Å². The molecule has 0 aliphatic heterocycles. The van der Waals surface area contributed by atoms with E-state index in [4.69, 9.17) is 4.42 Å². The Morgan fingerprint density at radius 1 is 0.750 bits per heavy atom. The SMILES string of the molecule is O=C(O)CN(Cc1cccc(OC(F)(F)F)c1)S(=O)(=O)c1ccc(-c2ccc(-c3c(Cc4ccccc4)oc4ccccc34)cc2)cc1. The zero-order valence-corrected chi connectivity index (χ0v) is 26.0. The monoisotopic (exact) mass is 671 g/mol. The lowest BCUT2D eigenvalue weighted by Gasteiger charge is -2.21. The number of nitrogens with zero attached hydrogens (tertiary/aromatic N) is 1. The molecule has 48 heavy (non-hydrogen) atoms. The van der Waals surface area contributed by atoms with E-state index in [1.54, 1.807) is 12.1 Å². The van der Waals surface area contributed by atoms with Crippen molar-refractivity contribution < 1.29 is 40.6 Å². The van der Waals surface area contributed by atoms with Crippen LogP contribution >= 0.6 is 0 Å². The topological polar surface area (TPSA) is 97.0 Å². The summed E-state index contributed by atoms with van der Waals surface area (Å²) in [6, 6.07) is 36.5. The molecule has 1 N–H and O–H groups in total. The lowest BCUT2D eigenvalue weighted by atomic mass is 9.96. The van der Waals surface area contributed by atoms with Gasteiger partial charge in [-0.1, -0.05) is 97.1 Å². The van der Waals surface area contributed by atoms with Crippen LogP contribution in [0.1, 0.15) is 16.9 Å². The molecule has 1 heterocycles. The van der Waals surface area contributed by atoms with Crippen molar-refractivity contribution in [3.63, 3.8) is 0 Å².